The van der Waals surface area contributed by atoms with Gasteiger partial charge in [-0.3, -0.25) is 9.36 Å². The summed E-state index contributed by atoms with van der Waals surface area (Å²) in [6.45, 7) is 2.73. The normalized spacial score (nSPS) is 12.6. The number of aromatic nitrogens is 3. The maximum Gasteiger partial charge on any atom is 0.243 e. The number of imidazole rings is 1. The molecule has 1 atom stereocenters. The number of nitrogens with zero attached hydrogens (tertiary/aromatic N) is 2. The fourth-order valence-electron chi connectivity index (χ4n) is 1.89. The van der Waals surface area contributed by atoms with Crippen molar-refractivity contribution in [3.63, 3.8) is 0 Å². The van der Waals surface area contributed by atoms with Crippen LogP contribution < -0.4 is 5.32 Å². The summed E-state index contributed by atoms with van der Waals surface area (Å²) < 4.78 is 7.94. The average Bonchev–Trinajstić information content (AvgIpc) is 2.73. The van der Waals surface area contributed by atoms with E-state index < -0.39 is 6.04 Å². The van der Waals surface area contributed by atoms with Crippen LogP contribution in [0, 0.1) is 4.77 Å². The third kappa shape index (κ3) is 3.08. The molecule has 0 bridgehead atoms. The molecule has 2 aromatic heterocycles. The molecule has 0 saturated heterocycles. The Morgan fingerprint density at radius 3 is 3.15 bits per heavy atom. The summed E-state index contributed by atoms with van der Waals surface area (Å²) in [5.74, 6) is -0.122. The molecule has 6 nitrogen and oxygen atoms in total. The second-order valence-corrected chi connectivity index (χ2v) is 5.59. The topological polar surface area (TPSA) is 71.9 Å². The number of ether oxygens (including phenoxy) is 1. The Morgan fingerprint density at radius 1 is 1.70 bits per heavy atom. The van der Waals surface area contributed by atoms with Crippen LogP contribution in [0.5, 0.6) is 0 Å². The van der Waals surface area contributed by atoms with Crippen molar-refractivity contribution < 1.29 is 9.53 Å². The number of nitrogens with one attached hydrogen (secondary N) is 2. The third-order valence-corrected chi connectivity index (χ3v) is 3.63. The summed E-state index contributed by atoms with van der Waals surface area (Å²) in [6.07, 6.45) is 1.68. The van der Waals surface area contributed by atoms with Crippen molar-refractivity contribution in [3.8, 4) is 0 Å². The van der Waals surface area contributed by atoms with E-state index in [1.165, 1.54) is 0 Å². The van der Waals surface area contributed by atoms with Gasteiger partial charge in [0.2, 0.25) is 5.91 Å². The van der Waals surface area contributed by atoms with Gasteiger partial charge in [0.25, 0.3) is 0 Å². The fraction of sp³-hybridized carbons (Fsp3) is 0.417. The van der Waals surface area contributed by atoms with Gasteiger partial charge in [-0.25, -0.2) is 4.98 Å². The molecule has 0 radical (unpaired) electrons. The van der Waals surface area contributed by atoms with Gasteiger partial charge in [-0.15, -0.1) is 0 Å². The van der Waals surface area contributed by atoms with Gasteiger partial charge in [0, 0.05) is 24.3 Å². The minimum absolute atomic E-state index is 0.122. The number of pyridine rings is 1. The van der Waals surface area contributed by atoms with E-state index in [-0.39, 0.29) is 5.91 Å². The SMILES string of the molecule is COCCNC(=O)C(C)n1c(=S)[nH]c2cc(Br)cnc21. The molecule has 0 aliphatic rings. The molecule has 8 heteroatoms. The van der Waals surface area contributed by atoms with Crippen LogP contribution in [0.4, 0.5) is 0 Å². The molecule has 0 saturated carbocycles. The van der Waals surface area contributed by atoms with E-state index >= 15 is 0 Å². The molecule has 2 N–H and O–H groups in total. The molecule has 0 fully saturated rings. The second-order valence-electron chi connectivity index (χ2n) is 4.28. The number of hydrogen-bond acceptors (Lipinski definition) is 4. The molecule has 108 valence electrons. The predicted octanol–water partition coefficient (Wildman–Crippen LogP) is 2.18. The Labute approximate surface area is 129 Å². The van der Waals surface area contributed by atoms with Crippen molar-refractivity contribution in [2.24, 2.45) is 0 Å². The number of amides is 1. The lowest BCUT2D eigenvalue weighted by Gasteiger charge is -2.14. The van der Waals surface area contributed by atoms with Gasteiger partial charge in [0.15, 0.2) is 10.4 Å². The molecule has 2 rings (SSSR count). The molecular formula is C12H15BrN4O2S. The van der Waals surface area contributed by atoms with E-state index in [9.17, 15) is 4.79 Å². The summed E-state index contributed by atoms with van der Waals surface area (Å²) in [6, 6.07) is 1.44. The van der Waals surface area contributed by atoms with Crippen molar-refractivity contribution >= 4 is 45.2 Å². The number of H-pyrrole nitrogens is 1. The number of rotatable bonds is 5. The van der Waals surface area contributed by atoms with Gasteiger partial charge < -0.3 is 15.0 Å². The van der Waals surface area contributed by atoms with E-state index in [2.05, 4.69) is 31.2 Å². The van der Waals surface area contributed by atoms with Gasteiger partial charge in [-0.1, -0.05) is 0 Å². The molecule has 1 amide bonds. The molecule has 0 aliphatic heterocycles. The van der Waals surface area contributed by atoms with Gasteiger partial charge in [0.1, 0.15) is 6.04 Å². The highest BCUT2D eigenvalue weighted by Crippen LogP contribution is 2.20. The van der Waals surface area contributed by atoms with Crippen molar-refractivity contribution in [2.45, 2.75) is 13.0 Å². The van der Waals surface area contributed by atoms with Crippen LogP contribution in [0.3, 0.4) is 0 Å². The number of aromatic amines is 1. The Balaban J connectivity index is 2.30. The molecule has 2 heterocycles. The van der Waals surface area contributed by atoms with Gasteiger partial charge in [-0.2, -0.15) is 0 Å². The van der Waals surface area contributed by atoms with Crippen molar-refractivity contribution in [3.05, 3.63) is 21.5 Å². The first-order valence-corrected chi connectivity index (χ1v) is 7.27. The van der Waals surface area contributed by atoms with Crippen LogP contribution in [0.15, 0.2) is 16.7 Å². The first-order valence-electron chi connectivity index (χ1n) is 6.07. The monoisotopic (exact) mass is 358 g/mol. The Kier molecular flexibility index (Phi) is 4.90. The Morgan fingerprint density at radius 2 is 2.45 bits per heavy atom. The summed E-state index contributed by atoms with van der Waals surface area (Å²) in [5, 5.41) is 2.79. The summed E-state index contributed by atoms with van der Waals surface area (Å²) in [7, 11) is 1.59. The van der Waals surface area contributed by atoms with Crippen LogP contribution in [0.2, 0.25) is 0 Å². The van der Waals surface area contributed by atoms with Crippen LogP contribution >= 0.6 is 28.1 Å². The minimum atomic E-state index is -0.443. The van der Waals surface area contributed by atoms with Gasteiger partial charge in [0.05, 0.1) is 12.1 Å². The maximum absolute atomic E-state index is 12.1. The highest BCUT2D eigenvalue weighted by Gasteiger charge is 2.19. The average molecular weight is 359 g/mol. The highest BCUT2D eigenvalue weighted by atomic mass is 79.9. The summed E-state index contributed by atoms with van der Waals surface area (Å²) in [4.78, 5) is 19.5. The third-order valence-electron chi connectivity index (χ3n) is 2.89. The summed E-state index contributed by atoms with van der Waals surface area (Å²) in [5.41, 5.74) is 1.45. The lowest BCUT2D eigenvalue weighted by atomic mass is 10.3. The number of fused-ring (bicyclic) bond motifs is 1. The Hall–Kier alpha value is -1.25. The van der Waals surface area contributed by atoms with Gasteiger partial charge in [-0.05, 0) is 41.1 Å². The van der Waals surface area contributed by atoms with Crippen LogP contribution in [-0.4, -0.2) is 40.7 Å². The fourth-order valence-corrected chi connectivity index (χ4v) is 2.57. The summed E-state index contributed by atoms with van der Waals surface area (Å²) >= 11 is 8.63. The number of methoxy groups -OCH3 is 1. The van der Waals surface area contributed by atoms with E-state index in [1.807, 2.05) is 6.07 Å². The van der Waals surface area contributed by atoms with Gasteiger partial charge >= 0.3 is 0 Å². The quantitative estimate of drug-likeness (QED) is 0.634. The smallest absolute Gasteiger partial charge is 0.243 e. The number of halogens is 1. The molecular weight excluding hydrogens is 344 g/mol. The van der Waals surface area contributed by atoms with Crippen molar-refractivity contribution in [1.29, 1.82) is 0 Å². The van der Waals surface area contributed by atoms with E-state index in [4.69, 9.17) is 17.0 Å². The molecule has 0 aromatic carbocycles. The van der Waals surface area contributed by atoms with E-state index in [1.54, 1.807) is 24.8 Å². The molecule has 20 heavy (non-hydrogen) atoms. The van der Waals surface area contributed by atoms with E-state index in [0.29, 0.717) is 23.6 Å². The van der Waals surface area contributed by atoms with Crippen LogP contribution in [0.1, 0.15) is 13.0 Å². The van der Waals surface area contributed by atoms with Crippen LogP contribution in [-0.2, 0) is 9.53 Å². The first kappa shape index (κ1) is 15.1. The molecule has 0 spiro atoms. The first-order chi connectivity index (χ1) is 9.54. The number of carbonyl (C=O) groups excluding carboxylic acids is 1. The zero-order chi connectivity index (χ0) is 14.7. The second kappa shape index (κ2) is 6.47. The Bertz CT molecular complexity index is 682. The van der Waals surface area contributed by atoms with Crippen molar-refractivity contribution in [1.82, 2.24) is 19.9 Å². The number of hydrogen-bond donors (Lipinski definition) is 2. The number of carbonyl (C=O) groups is 1. The van der Waals surface area contributed by atoms with Crippen molar-refractivity contribution in [2.75, 3.05) is 20.3 Å². The molecule has 1 unspecified atom stereocenters. The predicted molar refractivity (Wildman–Crippen MR) is 82.2 cm³/mol. The lowest BCUT2D eigenvalue weighted by molar-refractivity contribution is -0.124. The zero-order valence-electron chi connectivity index (χ0n) is 11.1. The molecule has 2 aromatic rings. The highest BCUT2D eigenvalue weighted by molar-refractivity contribution is 9.10. The van der Waals surface area contributed by atoms with E-state index in [0.717, 1.165) is 9.99 Å². The van der Waals surface area contributed by atoms with Crippen LogP contribution in [0.25, 0.3) is 11.2 Å². The zero-order valence-corrected chi connectivity index (χ0v) is 13.5. The molecule has 0 aliphatic carbocycles. The standard InChI is InChI=1S/C12H15BrN4O2S/c1-7(11(18)14-3-4-19-2)17-10-9(16-12(17)20)5-8(13)6-15-10/h5-7H,3-4H2,1-2H3,(H,14,18)(H,16,20). The minimum Gasteiger partial charge on any atom is -0.383 e. The lowest BCUT2D eigenvalue weighted by Crippen LogP contribution is -2.33. The maximum atomic E-state index is 12.1. The largest absolute Gasteiger partial charge is 0.383 e.